The van der Waals surface area contributed by atoms with Crippen molar-refractivity contribution in [2.75, 3.05) is 12.3 Å². The summed E-state index contributed by atoms with van der Waals surface area (Å²) in [4.78, 5) is 13.1. The van der Waals surface area contributed by atoms with Crippen LogP contribution in [0.15, 0.2) is 59.5 Å². The summed E-state index contributed by atoms with van der Waals surface area (Å²) >= 11 is 1.36. The lowest BCUT2D eigenvalue weighted by molar-refractivity contribution is -0.122. The van der Waals surface area contributed by atoms with Crippen LogP contribution in [0.5, 0.6) is 0 Å². The Morgan fingerprint density at radius 3 is 2.31 bits per heavy atom. The van der Waals surface area contributed by atoms with Gasteiger partial charge in [0.25, 0.3) is 0 Å². The van der Waals surface area contributed by atoms with Gasteiger partial charge in [0.2, 0.25) is 15.9 Å². The topological polar surface area (TPSA) is 66.5 Å². The Balaban J connectivity index is 1.77. The fraction of sp³-hybridized carbons (Fsp3) is 0.409. The van der Waals surface area contributed by atoms with E-state index in [1.54, 1.807) is 12.1 Å². The molecule has 1 aliphatic rings. The number of carbonyl (C=O) groups excluding carboxylic acids is 1. The summed E-state index contributed by atoms with van der Waals surface area (Å²) in [6.45, 7) is 8.48. The first-order valence-electron chi connectivity index (χ1n) is 9.70. The van der Waals surface area contributed by atoms with Crippen molar-refractivity contribution in [3.63, 3.8) is 0 Å². The molecule has 0 saturated carbocycles. The minimum absolute atomic E-state index is 0.0538. The first-order chi connectivity index (χ1) is 13.6. The maximum Gasteiger partial charge on any atom is 0.249 e. The quantitative estimate of drug-likeness (QED) is 0.778. The lowest BCUT2D eigenvalue weighted by Gasteiger charge is -2.25. The van der Waals surface area contributed by atoms with E-state index in [-0.39, 0.29) is 22.3 Å². The van der Waals surface area contributed by atoms with Crippen LogP contribution < -0.4 is 5.32 Å². The molecule has 0 spiro atoms. The van der Waals surface area contributed by atoms with Gasteiger partial charge in [0.05, 0.1) is 10.9 Å². The fourth-order valence-corrected chi connectivity index (χ4v) is 6.36. The van der Waals surface area contributed by atoms with Gasteiger partial charge in [-0.25, -0.2) is 8.42 Å². The number of benzene rings is 2. The van der Waals surface area contributed by atoms with Crippen molar-refractivity contribution in [1.29, 1.82) is 0 Å². The molecular formula is C22H28N2O3S2. The van der Waals surface area contributed by atoms with Crippen LogP contribution in [0.4, 0.5) is 0 Å². The van der Waals surface area contributed by atoms with Crippen LogP contribution in [0.3, 0.4) is 0 Å². The molecule has 1 aliphatic heterocycles. The second kappa shape index (κ2) is 8.50. The summed E-state index contributed by atoms with van der Waals surface area (Å²) < 4.78 is 27.7. The number of thioether (sulfide) groups is 1. The molecule has 3 rings (SSSR count). The van der Waals surface area contributed by atoms with Gasteiger partial charge in [0.15, 0.2) is 0 Å². The molecule has 29 heavy (non-hydrogen) atoms. The first kappa shape index (κ1) is 21.9. The number of carbonyl (C=O) groups is 1. The highest BCUT2D eigenvalue weighted by molar-refractivity contribution is 8.02. The van der Waals surface area contributed by atoms with E-state index in [2.05, 4.69) is 26.1 Å². The summed E-state index contributed by atoms with van der Waals surface area (Å²) in [5, 5.41) is 2.20. The zero-order chi connectivity index (χ0) is 21.2. The first-order valence-corrected chi connectivity index (χ1v) is 12.2. The van der Waals surface area contributed by atoms with Crippen molar-refractivity contribution in [1.82, 2.24) is 9.62 Å². The molecular weight excluding hydrogens is 404 g/mol. The number of amides is 1. The molecule has 2 aromatic rings. The zero-order valence-electron chi connectivity index (χ0n) is 17.3. The van der Waals surface area contributed by atoms with Crippen molar-refractivity contribution in [3.05, 3.63) is 65.7 Å². The number of sulfonamides is 1. The molecule has 0 bridgehead atoms. The normalized spacial score (nSPS) is 19.1. The number of rotatable bonds is 5. The Kier molecular flexibility index (Phi) is 6.41. The average Bonchev–Trinajstić information content (AvgIpc) is 3.19. The van der Waals surface area contributed by atoms with Crippen LogP contribution in [0, 0.1) is 0 Å². The van der Waals surface area contributed by atoms with Crippen molar-refractivity contribution >= 4 is 27.7 Å². The van der Waals surface area contributed by atoms with Gasteiger partial charge < -0.3 is 5.32 Å². The fourth-order valence-electron chi connectivity index (χ4n) is 3.28. The smallest absolute Gasteiger partial charge is 0.249 e. The van der Waals surface area contributed by atoms with Gasteiger partial charge in [0, 0.05) is 12.3 Å². The molecule has 1 saturated heterocycles. The van der Waals surface area contributed by atoms with Crippen molar-refractivity contribution in [2.24, 2.45) is 0 Å². The third-order valence-electron chi connectivity index (χ3n) is 5.06. The predicted molar refractivity (Wildman–Crippen MR) is 118 cm³/mol. The summed E-state index contributed by atoms with van der Waals surface area (Å²) in [7, 11) is -3.74. The van der Waals surface area contributed by atoms with Crippen LogP contribution in [-0.4, -0.2) is 36.3 Å². The molecule has 2 aromatic carbocycles. The number of hydrogen-bond donors (Lipinski definition) is 1. The summed E-state index contributed by atoms with van der Waals surface area (Å²) in [6.07, 6.45) is 0. The van der Waals surface area contributed by atoms with Crippen LogP contribution in [-0.2, 0) is 20.2 Å². The van der Waals surface area contributed by atoms with Gasteiger partial charge in [-0.3, -0.25) is 4.79 Å². The number of nitrogens with zero attached hydrogens (tertiary/aromatic N) is 1. The molecule has 0 aliphatic carbocycles. The van der Waals surface area contributed by atoms with Crippen LogP contribution in [0.2, 0.25) is 0 Å². The van der Waals surface area contributed by atoms with E-state index in [0.29, 0.717) is 12.3 Å². The minimum atomic E-state index is -3.74. The third kappa shape index (κ3) is 4.85. The highest BCUT2D eigenvalue weighted by atomic mass is 32.2. The molecule has 1 N–H and O–H groups in total. The Morgan fingerprint density at radius 2 is 1.72 bits per heavy atom. The minimum Gasteiger partial charge on any atom is -0.347 e. The monoisotopic (exact) mass is 432 g/mol. The number of nitrogens with one attached hydrogen (secondary N) is 1. The molecule has 1 fully saturated rings. The maximum atomic E-state index is 13.2. The second-order valence-electron chi connectivity index (χ2n) is 8.25. The van der Waals surface area contributed by atoms with Gasteiger partial charge >= 0.3 is 0 Å². The van der Waals surface area contributed by atoms with E-state index in [1.165, 1.54) is 16.1 Å². The Labute approximate surface area is 177 Å². The third-order valence-corrected chi connectivity index (χ3v) is 8.27. The lowest BCUT2D eigenvalue weighted by Crippen LogP contribution is -2.45. The highest BCUT2D eigenvalue weighted by Crippen LogP contribution is 2.32. The molecule has 5 nitrogen and oxygen atoms in total. The van der Waals surface area contributed by atoms with Crippen LogP contribution in [0.1, 0.15) is 44.9 Å². The van der Waals surface area contributed by atoms with Crippen molar-refractivity contribution < 1.29 is 13.2 Å². The van der Waals surface area contributed by atoms with E-state index in [0.717, 1.165) is 11.1 Å². The molecule has 7 heteroatoms. The van der Waals surface area contributed by atoms with E-state index in [9.17, 15) is 13.2 Å². The molecule has 0 aromatic heterocycles. The summed E-state index contributed by atoms with van der Waals surface area (Å²) in [6, 6.07) is 16.4. The van der Waals surface area contributed by atoms with E-state index in [1.807, 2.05) is 49.4 Å². The van der Waals surface area contributed by atoms with E-state index in [4.69, 9.17) is 0 Å². The van der Waals surface area contributed by atoms with E-state index < -0.39 is 15.4 Å². The Morgan fingerprint density at radius 1 is 1.10 bits per heavy atom. The van der Waals surface area contributed by atoms with Gasteiger partial charge in [-0.15, -0.1) is 11.8 Å². The molecule has 1 heterocycles. The number of hydrogen-bond acceptors (Lipinski definition) is 4. The summed E-state index contributed by atoms with van der Waals surface area (Å²) in [5.74, 6) is 0.315. The lowest BCUT2D eigenvalue weighted by atomic mass is 9.87. The highest BCUT2D eigenvalue weighted by Gasteiger charge is 2.40. The second-order valence-corrected chi connectivity index (χ2v) is 11.3. The van der Waals surface area contributed by atoms with E-state index >= 15 is 0 Å². The molecule has 0 radical (unpaired) electrons. The largest absolute Gasteiger partial charge is 0.347 e. The molecule has 1 amide bonds. The summed E-state index contributed by atoms with van der Waals surface area (Å²) in [5.41, 5.74) is 2.00. The Bertz CT molecular complexity index is 952. The SMILES string of the molecule is CC(NC(=O)C1SCCN1S(=O)(=O)c1ccc(C(C)(C)C)cc1)c1ccccc1. The predicted octanol–water partition coefficient (Wildman–Crippen LogP) is 3.93. The van der Waals surface area contributed by atoms with Gasteiger partial charge in [-0.05, 0) is 35.6 Å². The van der Waals surface area contributed by atoms with Gasteiger partial charge in [-0.1, -0.05) is 63.2 Å². The average molecular weight is 433 g/mol. The Hall–Kier alpha value is -1.83. The van der Waals surface area contributed by atoms with Crippen LogP contribution in [0.25, 0.3) is 0 Å². The maximum absolute atomic E-state index is 13.2. The molecule has 2 atom stereocenters. The van der Waals surface area contributed by atoms with Gasteiger partial charge in [0.1, 0.15) is 5.37 Å². The molecule has 2 unspecified atom stereocenters. The van der Waals surface area contributed by atoms with Crippen LogP contribution >= 0.6 is 11.8 Å². The van der Waals surface area contributed by atoms with Crippen molar-refractivity contribution in [3.8, 4) is 0 Å². The zero-order valence-corrected chi connectivity index (χ0v) is 18.9. The molecule has 156 valence electrons. The standard InChI is InChI=1S/C22H28N2O3S2/c1-16(17-8-6-5-7-9-17)23-20(25)21-24(14-15-28-21)29(26,27)19-12-10-18(11-13-19)22(2,3)4/h5-13,16,21H,14-15H2,1-4H3,(H,23,25). The van der Waals surface area contributed by atoms with Gasteiger partial charge in [-0.2, -0.15) is 4.31 Å². The van der Waals surface area contributed by atoms with Crippen molar-refractivity contribution in [2.45, 2.75) is 49.4 Å².